The fourth-order valence-corrected chi connectivity index (χ4v) is 3.65. The summed E-state index contributed by atoms with van der Waals surface area (Å²) in [4.78, 5) is 31.3. The zero-order valence-electron chi connectivity index (χ0n) is 16.9. The Balaban J connectivity index is 1.42. The van der Waals surface area contributed by atoms with Gasteiger partial charge in [0.25, 0.3) is 5.91 Å². The van der Waals surface area contributed by atoms with Crippen molar-refractivity contribution < 1.29 is 9.59 Å². The Morgan fingerprint density at radius 3 is 2.67 bits per heavy atom. The molecule has 0 aliphatic carbocycles. The smallest absolute Gasteiger partial charge is 0.326 e. The third kappa shape index (κ3) is 4.33. The van der Waals surface area contributed by atoms with Gasteiger partial charge in [-0.05, 0) is 61.2 Å². The largest absolute Gasteiger partial charge is 0.352 e. The van der Waals surface area contributed by atoms with Gasteiger partial charge in [0.1, 0.15) is 0 Å². The molecule has 0 bridgehead atoms. The Labute approximate surface area is 175 Å². The van der Waals surface area contributed by atoms with Crippen LogP contribution in [0.25, 0.3) is 0 Å². The monoisotopic (exact) mass is 400 g/mol. The van der Waals surface area contributed by atoms with Crippen LogP contribution in [-0.4, -0.2) is 30.0 Å². The molecule has 0 atom stereocenters. The number of carbonyl (C=O) groups excluding carboxylic acids is 2. The van der Waals surface area contributed by atoms with E-state index >= 15 is 0 Å². The minimum Gasteiger partial charge on any atom is -0.352 e. The molecule has 1 aliphatic heterocycles. The Morgan fingerprint density at radius 1 is 1.07 bits per heavy atom. The molecule has 1 aromatic heterocycles. The average Bonchev–Trinajstić information content (AvgIpc) is 3.20. The molecule has 0 fully saturated rings. The second kappa shape index (κ2) is 8.78. The molecule has 0 saturated heterocycles. The molecule has 6 nitrogen and oxygen atoms in total. The number of hydrogen-bond acceptors (Lipinski definition) is 3. The van der Waals surface area contributed by atoms with E-state index in [0.717, 1.165) is 34.5 Å². The molecule has 0 unspecified atom stereocenters. The van der Waals surface area contributed by atoms with Crippen LogP contribution in [0.1, 0.15) is 27.0 Å². The molecule has 0 spiro atoms. The maximum Gasteiger partial charge on any atom is 0.326 e. The minimum absolute atomic E-state index is 0.114. The lowest BCUT2D eigenvalue weighted by atomic mass is 10.0. The number of amides is 3. The number of benzene rings is 2. The number of rotatable bonds is 5. The number of aromatic nitrogens is 1. The highest BCUT2D eigenvalue weighted by Gasteiger charge is 2.28. The number of nitrogens with one attached hydrogen (secondary N) is 2. The summed E-state index contributed by atoms with van der Waals surface area (Å²) in [5, 5.41) is 5.91. The van der Waals surface area contributed by atoms with Gasteiger partial charge >= 0.3 is 6.03 Å². The van der Waals surface area contributed by atoms with Crippen molar-refractivity contribution in [1.29, 1.82) is 0 Å². The Kier molecular flexibility index (Phi) is 5.75. The third-order valence-corrected chi connectivity index (χ3v) is 5.24. The van der Waals surface area contributed by atoms with Crippen LogP contribution in [0, 0.1) is 6.92 Å². The summed E-state index contributed by atoms with van der Waals surface area (Å²) < 4.78 is 0. The number of anilines is 2. The highest BCUT2D eigenvalue weighted by atomic mass is 16.2. The van der Waals surface area contributed by atoms with E-state index < -0.39 is 0 Å². The molecular weight excluding hydrogens is 376 g/mol. The van der Waals surface area contributed by atoms with Crippen LogP contribution in [0.5, 0.6) is 0 Å². The molecule has 6 heteroatoms. The zero-order valence-corrected chi connectivity index (χ0v) is 16.9. The number of hydrogen-bond donors (Lipinski definition) is 2. The van der Waals surface area contributed by atoms with E-state index in [9.17, 15) is 9.59 Å². The van der Waals surface area contributed by atoms with Crippen LogP contribution in [-0.2, 0) is 12.8 Å². The lowest BCUT2D eigenvalue weighted by Crippen LogP contribution is -2.33. The van der Waals surface area contributed by atoms with Gasteiger partial charge in [-0.2, -0.15) is 0 Å². The standard InChI is InChI=1S/C24H24N4O2/c1-17-7-9-19(10-8-17)27-24(30)28-15-12-20-21(5-2-6-22(20)28)23(29)26-14-11-18-4-3-13-25-16-18/h2-10,13,16H,11-12,14-15H2,1H3,(H,26,29)(H,27,30). The van der Waals surface area contributed by atoms with Gasteiger partial charge in [-0.1, -0.05) is 29.8 Å². The molecule has 4 rings (SSSR count). The van der Waals surface area contributed by atoms with Gasteiger partial charge in [0.15, 0.2) is 0 Å². The van der Waals surface area contributed by atoms with E-state index in [1.54, 1.807) is 17.3 Å². The molecule has 1 aliphatic rings. The highest BCUT2D eigenvalue weighted by molar-refractivity contribution is 6.05. The number of fused-ring (bicyclic) bond motifs is 1. The van der Waals surface area contributed by atoms with Crippen molar-refractivity contribution in [3.63, 3.8) is 0 Å². The number of carbonyl (C=O) groups is 2. The maximum atomic E-state index is 12.8. The molecular formula is C24H24N4O2. The first kappa shape index (κ1) is 19.6. The second-order valence-corrected chi connectivity index (χ2v) is 7.37. The molecule has 0 saturated carbocycles. The third-order valence-electron chi connectivity index (χ3n) is 5.24. The number of urea groups is 1. The first-order valence-corrected chi connectivity index (χ1v) is 10.1. The Bertz CT molecular complexity index is 1050. The van der Waals surface area contributed by atoms with Gasteiger partial charge < -0.3 is 10.6 Å². The van der Waals surface area contributed by atoms with Crippen LogP contribution in [0.3, 0.4) is 0 Å². The molecule has 2 N–H and O–H groups in total. The van der Waals surface area contributed by atoms with E-state index in [4.69, 9.17) is 0 Å². The summed E-state index contributed by atoms with van der Waals surface area (Å²) in [5.41, 5.74) is 5.30. The number of pyridine rings is 1. The van der Waals surface area contributed by atoms with Crippen molar-refractivity contribution in [2.75, 3.05) is 23.3 Å². The normalized spacial score (nSPS) is 12.4. The molecule has 3 amide bonds. The number of aryl methyl sites for hydroxylation is 1. The van der Waals surface area contributed by atoms with Crippen LogP contribution in [0.4, 0.5) is 16.2 Å². The summed E-state index contributed by atoms with van der Waals surface area (Å²) in [7, 11) is 0. The first-order valence-electron chi connectivity index (χ1n) is 10.1. The van der Waals surface area contributed by atoms with Crippen LogP contribution in [0.15, 0.2) is 67.0 Å². The molecule has 2 aromatic carbocycles. The lowest BCUT2D eigenvalue weighted by Gasteiger charge is -2.18. The highest BCUT2D eigenvalue weighted by Crippen LogP contribution is 2.31. The van der Waals surface area contributed by atoms with Crippen molar-refractivity contribution in [2.45, 2.75) is 19.8 Å². The topological polar surface area (TPSA) is 74.3 Å². The number of nitrogens with zero attached hydrogens (tertiary/aromatic N) is 2. The molecule has 2 heterocycles. The summed E-state index contributed by atoms with van der Waals surface area (Å²) in [6, 6.07) is 16.9. The van der Waals surface area contributed by atoms with E-state index in [1.807, 2.05) is 61.5 Å². The lowest BCUT2D eigenvalue weighted by molar-refractivity contribution is 0.0953. The van der Waals surface area contributed by atoms with E-state index in [0.29, 0.717) is 25.1 Å². The fourth-order valence-electron chi connectivity index (χ4n) is 3.65. The first-order chi connectivity index (χ1) is 14.6. The van der Waals surface area contributed by atoms with Gasteiger partial charge in [-0.25, -0.2) is 4.79 Å². The van der Waals surface area contributed by atoms with Crippen molar-refractivity contribution in [3.8, 4) is 0 Å². The van der Waals surface area contributed by atoms with Gasteiger partial charge in [-0.15, -0.1) is 0 Å². The quantitative estimate of drug-likeness (QED) is 0.681. The summed E-state index contributed by atoms with van der Waals surface area (Å²) >= 11 is 0. The van der Waals surface area contributed by atoms with Crippen molar-refractivity contribution >= 4 is 23.3 Å². The summed E-state index contributed by atoms with van der Waals surface area (Å²) in [5.74, 6) is -0.114. The molecule has 3 aromatic rings. The zero-order chi connectivity index (χ0) is 20.9. The Hall–Kier alpha value is -3.67. The summed E-state index contributed by atoms with van der Waals surface area (Å²) in [6.45, 7) is 3.09. The average molecular weight is 400 g/mol. The van der Waals surface area contributed by atoms with Gasteiger partial charge in [-0.3, -0.25) is 14.7 Å². The predicted octanol–water partition coefficient (Wildman–Crippen LogP) is 3.96. The van der Waals surface area contributed by atoms with Gasteiger partial charge in [0.05, 0.1) is 0 Å². The van der Waals surface area contributed by atoms with E-state index in [1.165, 1.54) is 0 Å². The van der Waals surface area contributed by atoms with E-state index in [2.05, 4.69) is 15.6 Å². The van der Waals surface area contributed by atoms with Crippen molar-refractivity contribution in [1.82, 2.24) is 10.3 Å². The van der Waals surface area contributed by atoms with Crippen LogP contribution < -0.4 is 15.5 Å². The van der Waals surface area contributed by atoms with Crippen LogP contribution in [0.2, 0.25) is 0 Å². The predicted molar refractivity (Wildman–Crippen MR) is 118 cm³/mol. The SMILES string of the molecule is Cc1ccc(NC(=O)N2CCc3c(C(=O)NCCc4cccnc4)cccc32)cc1. The molecule has 30 heavy (non-hydrogen) atoms. The molecule has 0 radical (unpaired) electrons. The van der Waals surface area contributed by atoms with Gasteiger partial charge in [0, 0.05) is 42.4 Å². The van der Waals surface area contributed by atoms with E-state index in [-0.39, 0.29) is 11.9 Å². The molecule has 152 valence electrons. The Morgan fingerprint density at radius 2 is 1.90 bits per heavy atom. The second-order valence-electron chi connectivity index (χ2n) is 7.37. The van der Waals surface area contributed by atoms with Crippen molar-refractivity contribution in [2.24, 2.45) is 0 Å². The summed E-state index contributed by atoms with van der Waals surface area (Å²) in [6.07, 6.45) is 4.91. The van der Waals surface area contributed by atoms with Crippen LogP contribution >= 0.6 is 0 Å². The van der Waals surface area contributed by atoms with Gasteiger partial charge in [0.2, 0.25) is 0 Å². The minimum atomic E-state index is -0.188. The maximum absolute atomic E-state index is 12.8. The van der Waals surface area contributed by atoms with Crippen molar-refractivity contribution in [3.05, 3.63) is 89.2 Å². The fraction of sp³-hybridized carbons (Fsp3) is 0.208.